The topological polar surface area (TPSA) is 121 Å². The molecule has 2 atom stereocenters. The van der Waals surface area contributed by atoms with Crippen LogP contribution in [0.5, 0.6) is 5.75 Å². The van der Waals surface area contributed by atoms with Crippen molar-refractivity contribution in [1.82, 2.24) is 21.0 Å². The Hall–Kier alpha value is -3.89. The summed E-state index contributed by atoms with van der Waals surface area (Å²) in [6.07, 6.45) is 0.395. The fraction of sp³-hybridized carbons (Fsp3) is 0.231. The molecule has 4 rings (SSSR count). The van der Waals surface area contributed by atoms with Gasteiger partial charge in [0.1, 0.15) is 11.3 Å². The number of urea groups is 1. The Kier molecular flexibility index (Phi) is 7.27. The molecule has 1 heterocycles. The first kappa shape index (κ1) is 25.2. The molecule has 10 heteroatoms. The lowest BCUT2D eigenvalue weighted by Gasteiger charge is -2.31. The first-order valence-electron chi connectivity index (χ1n) is 11.4. The molecule has 0 aromatic heterocycles. The molecule has 0 fully saturated rings. The van der Waals surface area contributed by atoms with Crippen LogP contribution in [-0.2, 0) is 22.0 Å². The number of carbonyl (C=O) groups excluding carboxylic acids is 1. The van der Waals surface area contributed by atoms with Crippen LogP contribution >= 0.6 is 0 Å². The van der Waals surface area contributed by atoms with Crippen molar-refractivity contribution >= 4 is 21.8 Å². The second-order valence-corrected chi connectivity index (χ2v) is 10.3. The van der Waals surface area contributed by atoms with Gasteiger partial charge in [0.05, 0.1) is 23.8 Å². The van der Waals surface area contributed by atoms with Gasteiger partial charge in [-0.25, -0.2) is 28.9 Å². The highest BCUT2D eigenvalue weighted by Crippen LogP contribution is 2.29. The molecule has 4 N–H and O–H groups in total. The molecular formula is C26H29N5O4S. The molecule has 2 unspecified atom stereocenters. The molecule has 0 radical (unpaired) electrons. The molecule has 9 nitrogen and oxygen atoms in total. The summed E-state index contributed by atoms with van der Waals surface area (Å²) in [5.74, 6) is 0.714. The number of carbonyl (C=O) groups is 1. The van der Waals surface area contributed by atoms with Gasteiger partial charge < -0.3 is 10.1 Å². The van der Waals surface area contributed by atoms with Crippen molar-refractivity contribution in [2.45, 2.75) is 36.7 Å². The van der Waals surface area contributed by atoms with Crippen LogP contribution in [0.2, 0.25) is 0 Å². The minimum absolute atomic E-state index is 0.0457. The van der Waals surface area contributed by atoms with Crippen molar-refractivity contribution in [3.05, 3.63) is 95.6 Å². The second kappa shape index (κ2) is 10.4. The first-order valence-corrected chi connectivity index (χ1v) is 12.9. The van der Waals surface area contributed by atoms with E-state index in [0.29, 0.717) is 23.4 Å². The number of benzene rings is 3. The molecule has 0 bridgehead atoms. The molecule has 0 spiro atoms. The third-order valence-electron chi connectivity index (χ3n) is 6.19. The highest BCUT2D eigenvalue weighted by molar-refractivity contribution is 7.90. The van der Waals surface area contributed by atoms with Crippen LogP contribution < -0.4 is 25.7 Å². The van der Waals surface area contributed by atoms with E-state index in [1.54, 1.807) is 32.2 Å². The van der Waals surface area contributed by atoms with Gasteiger partial charge in [-0.15, -0.1) is 0 Å². The summed E-state index contributed by atoms with van der Waals surface area (Å²) in [4.78, 5) is 13.1. The smallest absolute Gasteiger partial charge is 0.329 e. The molecule has 188 valence electrons. The molecule has 0 saturated heterocycles. The monoisotopic (exact) mass is 507 g/mol. The van der Waals surface area contributed by atoms with E-state index in [1.807, 2.05) is 61.5 Å². The summed E-state index contributed by atoms with van der Waals surface area (Å²) in [6.45, 7) is 3.62. The van der Waals surface area contributed by atoms with Crippen LogP contribution in [0.3, 0.4) is 0 Å². The molecule has 36 heavy (non-hydrogen) atoms. The number of hydrazine groups is 1. The third kappa shape index (κ3) is 5.34. The molecule has 0 saturated carbocycles. The average Bonchev–Trinajstić information content (AvgIpc) is 3.26. The zero-order chi connectivity index (χ0) is 25.8. The van der Waals surface area contributed by atoms with Gasteiger partial charge in [-0.1, -0.05) is 60.7 Å². The van der Waals surface area contributed by atoms with E-state index < -0.39 is 27.6 Å². The van der Waals surface area contributed by atoms with Crippen molar-refractivity contribution in [2.24, 2.45) is 5.10 Å². The van der Waals surface area contributed by atoms with Crippen molar-refractivity contribution in [2.75, 3.05) is 7.11 Å². The molecule has 3 aromatic rings. The van der Waals surface area contributed by atoms with Gasteiger partial charge in [0, 0.05) is 0 Å². The number of hydrogen-bond acceptors (Lipinski definition) is 7. The number of rotatable bonds is 8. The maximum absolute atomic E-state index is 13.0. The minimum Gasteiger partial charge on any atom is -0.497 e. The van der Waals surface area contributed by atoms with E-state index in [0.717, 1.165) is 11.1 Å². The lowest BCUT2D eigenvalue weighted by molar-refractivity contribution is 0.244. The number of aryl methyl sites for hydroxylation is 1. The van der Waals surface area contributed by atoms with Crippen molar-refractivity contribution in [3.63, 3.8) is 0 Å². The van der Waals surface area contributed by atoms with Crippen LogP contribution in [0.15, 0.2) is 88.9 Å². The van der Waals surface area contributed by atoms with Crippen LogP contribution in [0.1, 0.15) is 23.6 Å². The van der Waals surface area contributed by atoms with Gasteiger partial charge >= 0.3 is 6.03 Å². The van der Waals surface area contributed by atoms with Gasteiger partial charge in [-0.05, 0) is 55.2 Å². The fourth-order valence-corrected chi connectivity index (χ4v) is 5.40. The third-order valence-corrected chi connectivity index (χ3v) is 7.68. The first-order chi connectivity index (χ1) is 17.2. The largest absolute Gasteiger partial charge is 0.497 e. The van der Waals surface area contributed by atoms with Gasteiger partial charge in [0.25, 0.3) is 10.0 Å². The van der Waals surface area contributed by atoms with E-state index in [2.05, 4.69) is 26.1 Å². The number of hydrogen-bond donors (Lipinski definition) is 4. The fourth-order valence-electron chi connectivity index (χ4n) is 4.24. The Morgan fingerprint density at radius 3 is 2.36 bits per heavy atom. The second-order valence-electron chi connectivity index (χ2n) is 8.67. The number of nitrogens with one attached hydrogen (secondary N) is 4. The molecule has 3 aromatic carbocycles. The highest BCUT2D eigenvalue weighted by Gasteiger charge is 2.41. The Morgan fingerprint density at radius 2 is 1.69 bits per heavy atom. The van der Waals surface area contributed by atoms with Crippen LogP contribution in [0.25, 0.3) is 0 Å². The van der Waals surface area contributed by atoms with E-state index in [4.69, 9.17) is 4.74 Å². The highest BCUT2D eigenvalue weighted by atomic mass is 32.2. The Balaban J connectivity index is 1.62. The summed E-state index contributed by atoms with van der Waals surface area (Å²) in [5, 5.41) is 7.29. The SMILES string of the molecule is COc1ccc(C2(C)NNN=C2C(Cc2ccccc2)NC(=O)NS(=O)(=O)c2ccccc2C)cc1. The molecule has 1 aliphatic rings. The average molecular weight is 508 g/mol. The van der Waals surface area contributed by atoms with Crippen LogP contribution in [-0.4, -0.2) is 33.3 Å². The number of methoxy groups -OCH3 is 1. The van der Waals surface area contributed by atoms with Crippen molar-refractivity contribution < 1.29 is 17.9 Å². The molecule has 2 amide bonds. The quantitative estimate of drug-likeness (QED) is 0.372. The van der Waals surface area contributed by atoms with Crippen molar-refractivity contribution in [1.29, 1.82) is 0 Å². The van der Waals surface area contributed by atoms with E-state index >= 15 is 0 Å². The number of amides is 2. The predicted molar refractivity (Wildman–Crippen MR) is 138 cm³/mol. The van der Waals surface area contributed by atoms with E-state index in [9.17, 15) is 13.2 Å². The molecular weight excluding hydrogens is 478 g/mol. The van der Waals surface area contributed by atoms with Gasteiger partial charge in [0.15, 0.2) is 0 Å². The lowest BCUT2D eigenvalue weighted by Crippen LogP contribution is -2.55. The number of nitrogens with zero attached hydrogens (tertiary/aromatic N) is 1. The Morgan fingerprint density at radius 1 is 1.03 bits per heavy atom. The van der Waals surface area contributed by atoms with Crippen LogP contribution in [0, 0.1) is 6.92 Å². The van der Waals surface area contributed by atoms with Gasteiger partial charge in [-0.3, -0.25) is 0 Å². The zero-order valence-electron chi connectivity index (χ0n) is 20.3. The maximum atomic E-state index is 13.0. The number of hydrazone groups is 1. The summed E-state index contributed by atoms with van der Waals surface area (Å²) < 4.78 is 33.2. The predicted octanol–water partition coefficient (Wildman–Crippen LogP) is 2.98. The normalized spacial score (nSPS) is 18.0. The standard InChI is InChI=1S/C26H29N5O4S/c1-18-9-7-8-12-23(18)36(33,34)29-25(32)27-22(17-19-10-5-4-6-11-19)24-26(2,30-31-28-24)20-13-15-21(35-3)16-14-20/h4-16,22,30-31H,17H2,1-3H3,(H2,27,29,32). The summed E-state index contributed by atoms with van der Waals surface area (Å²) in [5.41, 5.74) is 8.20. The van der Waals surface area contributed by atoms with E-state index in [-0.39, 0.29) is 4.90 Å². The minimum atomic E-state index is -4.07. The maximum Gasteiger partial charge on any atom is 0.329 e. The Labute approximate surface area is 211 Å². The lowest BCUT2D eigenvalue weighted by atomic mass is 9.82. The summed E-state index contributed by atoms with van der Waals surface area (Å²) in [6, 6.07) is 22.1. The summed E-state index contributed by atoms with van der Waals surface area (Å²) in [7, 11) is -2.47. The number of ether oxygens (including phenoxy) is 1. The summed E-state index contributed by atoms with van der Waals surface area (Å²) >= 11 is 0. The van der Waals surface area contributed by atoms with Gasteiger partial charge in [0.2, 0.25) is 0 Å². The van der Waals surface area contributed by atoms with Gasteiger partial charge in [-0.2, -0.15) is 5.10 Å². The van der Waals surface area contributed by atoms with Crippen molar-refractivity contribution in [3.8, 4) is 5.75 Å². The number of sulfonamides is 1. The zero-order valence-corrected chi connectivity index (χ0v) is 21.1. The van der Waals surface area contributed by atoms with Crippen LogP contribution in [0.4, 0.5) is 4.79 Å². The van der Waals surface area contributed by atoms with E-state index in [1.165, 1.54) is 6.07 Å². The Bertz CT molecular complexity index is 1360. The molecule has 1 aliphatic heterocycles. The molecule has 0 aliphatic carbocycles.